The molecule has 0 saturated heterocycles. The van der Waals surface area contributed by atoms with Crippen molar-refractivity contribution in [2.24, 2.45) is 5.92 Å². The van der Waals surface area contributed by atoms with Crippen molar-refractivity contribution in [1.82, 2.24) is 0 Å². The molecule has 4 atom stereocenters. The zero-order chi connectivity index (χ0) is 31.1. The molecule has 234 valence electrons. The van der Waals surface area contributed by atoms with Gasteiger partial charge in [-0.05, 0) is 81.1 Å². The zero-order valence-corrected chi connectivity index (χ0v) is 31.7. The molecule has 0 spiro atoms. The van der Waals surface area contributed by atoms with E-state index >= 15 is 0 Å². The molecule has 0 aliphatic rings. The molecule has 0 saturated carbocycles. The molecule has 1 N–H and O–H groups in total. The van der Waals surface area contributed by atoms with Gasteiger partial charge in [0.25, 0.3) is 0 Å². The van der Waals surface area contributed by atoms with E-state index < -0.39 is 48.5 Å². The van der Waals surface area contributed by atoms with Crippen molar-refractivity contribution in [1.29, 1.82) is 0 Å². The Bertz CT molecular complexity index is 732. The third kappa shape index (κ3) is 10.9. The van der Waals surface area contributed by atoms with Crippen LogP contribution in [0.3, 0.4) is 0 Å². The fraction of sp³-hybridized carbons (Fsp3) is 0.967. The highest BCUT2D eigenvalue weighted by Crippen LogP contribution is 2.41. The Morgan fingerprint density at radius 3 is 1.64 bits per heavy atom. The predicted molar refractivity (Wildman–Crippen MR) is 173 cm³/mol. The second kappa shape index (κ2) is 14.9. The van der Waals surface area contributed by atoms with E-state index in [-0.39, 0.29) is 16.2 Å². The second-order valence-electron chi connectivity index (χ2n) is 14.9. The summed E-state index contributed by atoms with van der Waals surface area (Å²) in [5, 5.41) is 10.2. The molecule has 0 aliphatic heterocycles. The summed E-state index contributed by atoms with van der Waals surface area (Å²) in [7, 11) is -4.33. The molecule has 0 fully saturated rings. The molecule has 0 bridgehead atoms. The van der Waals surface area contributed by atoms with Crippen molar-refractivity contribution in [3.05, 3.63) is 0 Å². The van der Waals surface area contributed by atoms with Gasteiger partial charge in [-0.3, -0.25) is 4.79 Å². The van der Waals surface area contributed by atoms with Crippen molar-refractivity contribution < 1.29 is 27.9 Å². The molecule has 9 heteroatoms. The van der Waals surface area contributed by atoms with E-state index in [1.807, 2.05) is 0 Å². The molecular formula is C30H66O6Si3. The van der Waals surface area contributed by atoms with Crippen LogP contribution >= 0.6 is 0 Å². The zero-order valence-electron chi connectivity index (χ0n) is 28.7. The van der Waals surface area contributed by atoms with Gasteiger partial charge < -0.3 is 23.1 Å². The minimum Gasteiger partial charge on any atom is -0.481 e. The monoisotopic (exact) mass is 606 g/mol. The number of carboxylic acids is 1. The molecule has 0 heterocycles. The van der Waals surface area contributed by atoms with Crippen molar-refractivity contribution in [2.75, 3.05) is 13.7 Å². The minimum atomic E-state index is -2.23. The summed E-state index contributed by atoms with van der Waals surface area (Å²) in [5.74, 6) is -1.47. The topological polar surface area (TPSA) is 74.2 Å². The Morgan fingerprint density at radius 1 is 0.821 bits per heavy atom. The van der Waals surface area contributed by atoms with Crippen LogP contribution in [0.5, 0.6) is 0 Å². The van der Waals surface area contributed by atoms with Gasteiger partial charge in [0.05, 0.1) is 23.7 Å². The first-order chi connectivity index (χ1) is 17.5. The SMILES string of the molecule is CC[Si](CC)(CC)O[C@H](C[C@H](O[Si](C)(C)C(C)(C)C)[C@@H](C)C(=O)O)[C@@](C)(CCCO[Si](C)(C)C(C)(C)C)OC. The maximum absolute atomic E-state index is 12.3. The van der Waals surface area contributed by atoms with Crippen LogP contribution in [0.1, 0.15) is 95.4 Å². The average Bonchev–Trinajstić information content (AvgIpc) is 2.81. The van der Waals surface area contributed by atoms with Gasteiger partial charge in [0.15, 0.2) is 25.0 Å². The first kappa shape index (κ1) is 39.0. The fourth-order valence-electron chi connectivity index (χ4n) is 4.36. The molecule has 0 unspecified atom stereocenters. The van der Waals surface area contributed by atoms with Gasteiger partial charge in [0.2, 0.25) is 0 Å². The molecule has 0 aromatic heterocycles. The van der Waals surface area contributed by atoms with E-state index in [0.717, 1.165) is 31.0 Å². The lowest BCUT2D eigenvalue weighted by molar-refractivity contribution is -0.147. The summed E-state index contributed by atoms with van der Waals surface area (Å²) in [6.45, 7) is 33.6. The van der Waals surface area contributed by atoms with E-state index in [1.165, 1.54) is 0 Å². The van der Waals surface area contributed by atoms with Gasteiger partial charge in [-0.2, -0.15) is 0 Å². The van der Waals surface area contributed by atoms with Crippen LogP contribution in [0.15, 0.2) is 0 Å². The van der Waals surface area contributed by atoms with E-state index in [2.05, 4.69) is 95.4 Å². The maximum atomic E-state index is 12.3. The normalized spacial score (nSPS) is 17.9. The van der Waals surface area contributed by atoms with Crippen LogP contribution in [0, 0.1) is 5.92 Å². The number of rotatable bonds is 18. The van der Waals surface area contributed by atoms with Crippen LogP contribution < -0.4 is 0 Å². The molecule has 6 nitrogen and oxygen atoms in total. The van der Waals surface area contributed by atoms with Crippen LogP contribution in [-0.2, 0) is 22.8 Å². The van der Waals surface area contributed by atoms with Crippen LogP contribution in [-0.4, -0.2) is 67.6 Å². The third-order valence-corrected chi connectivity index (χ3v) is 23.9. The number of aliphatic carboxylic acids is 1. The number of methoxy groups -OCH3 is 1. The van der Waals surface area contributed by atoms with Gasteiger partial charge >= 0.3 is 5.97 Å². The maximum Gasteiger partial charge on any atom is 0.308 e. The molecular weight excluding hydrogens is 541 g/mol. The Labute approximate surface area is 245 Å². The lowest BCUT2D eigenvalue weighted by Gasteiger charge is -2.46. The minimum absolute atomic E-state index is 0.0275. The van der Waals surface area contributed by atoms with Gasteiger partial charge in [0, 0.05) is 20.1 Å². The number of ether oxygens (including phenoxy) is 1. The van der Waals surface area contributed by atoms with Crippen LogP contribution in [0.2, 0.25) is 54.4 Å². The number of hydrogen-bond donors (Lipinski definition) is 1. The fourth-order valence-corrected chi connectivity index (χ4v) is 9.81. The van der Waals surface area contributed by atoms with Crippen molar-refractivity contribution >= 4 is 30.9 Å². The van der Waals surface area contributed by atoms with Crippen LogP contribution in [0.4, 0.5) is 0 Å². The molecule has 0 amide bonds. The van der Waals surface area contributed by atoms with Gasteiger partial charge in [0.1, 0.15) is 0 Å². The summed E-state index contributed by atoms with van der Waals surface area (Å²) in [4.78, 5) is 12.3. The molecule has 0 aliphatic carbocycles. The molecule has 0 rings (SSSR count). The summed E-state index contributed by atoms with van der Waals surface area (Å²) in [6.07, 6.45) is 1.42. The van der Waals surface area contributed by atoms with E-state index in [1.54, 1.807) is 14.0 Å². The van der Waals surface area contributed by atoms with E-state index in [4.69, 9.17) is 18.0 Å². The third-order valence-electron chi connectivity index (χ3n) is 10.2. The molecule has 39 heavy (non-hydrogen) atoms. The summed E-state index contributed by atoms with van der Waals surface area (Å²) >= 11 is 0. The standard InChI is InChI=1S/C30H66O6Si3/c1-17-39(18-2,19-3)36-26(23-25(24(4)27(31)32)35-38(15,16)29(8,9)10)30(11,33-12)21-20-22-34-37(13,14)28(5,6)7/h24-26H,17-23H2,1-16H3,(H,31,32)/t24-,25+,26-,30-/m1/s1. The van der Waals surface area contributed by atoms with Crippen molar-refractivity contribution in [3.63, 3.8) is 0 Å². The molecule has 0 radical (unpaired) electrons. The summed E-state index contributed by atoms with van der Waals surface area (Å²) in [5.41, 5.74) is -0.582. The lowest BCUT2D eigenvalue weighted by Crippen LogP contribution is -2.54. The van der Waals surface area contributed by atoms with Crippen molar-refractivity contribution in [2.45, 2.75) is 168 Å². The molecule has 0 aromatic carbocycles. The first-order valence-electron chi connectivity index (χ1n) is 15.3. The quantitative estimate of drug-likeness (QED) is 0.124. The second-order valence-corrected chi connectivity index (χ2v) is 29.1. The Kier molecular flexibility index (Phi) is 14.9. The van der Waals surface area contributed by atoms with Gasteiger partial charge in [-0.1, -0.05) is 62.3 Å². The number of hydrogen-bond acceptors (Lipinski definition) is 5. The molecule has 0 aromatic rings. The Hall–Kier alpha value is -0.0394. The highest BCUT2D eigenvalue weighted by molar-refractivity contribution is 6.74. The van der Waals surface area contributed by atoms with Crippen molar-refractivity contribution in [3.8, 4) is 0 Å². The highest BCUT2D eigenvalue weighted by Gasteiger charge is 2.47. The van der Waals surface area contributed by atoms with E-state index in [9.17, 15) is 9.90 Å². The average molecular weight is 607 g/mol. The van der Waals surface area contributed by atoms with Crippen LogP contribution in [0.25, 0.3) is 0 Å². The van der Waals surface area contributed by atoms with Gasteiger partial charge in [-0.15, -0.1) is 0 Å². The Balaban J connectivity index is 6.32. The number of carboxylic acid groups (broad SMARTS) is 1. The lowest BCUT2D eigenvalue weighted by atomic mass is 9.87. The summed E-state index contributed by atoms with van der Waals surface area (Å²) < 4.78 is 26.8. The summed E-state index contributed by atoms with van der Waals surface area (Å²) in [6, 6.07) is 3.06. The largest absolute Gasteiger partial charge is 0.481 e. The predicted octanol–water partition coefficient (Wildman–Crippen LogP) is 9.09. The smallest absolute Gasteiger partial charge is 0.308 e. The highest BCUT2D eigenvalue weighted by atomic mass is 28.4. The number of carbonyl (C=O) groups is 1. The van der Waals surface area contributed by atoms with E-state index in [0.29, 0.717) is 13.0 Å². The Morgan fingerprint density at radius 2 is 1.28 bits per heavy atom. The van der Waals surface area contributed by atoms with Gasteiger partial charge in [-0.25, -0.2) is 0 Å². The first-order valence-corrected chi connectivity index (χ1v) is 23.6.